The molecule has 3 aromatic rings. The Bertz CT molecular complexity index is 1030. The van der Waals surface area contributed by atoms with Crippen LogP contribution in [-0.2, 0) is 17.8 Å². The Kier molecular flexibility index (Phi) is 6.31. The van der Waals surface area contributed by atoms with E-state index in [0.717, 1.165) is 29.4 Å². The highest BCUT2D eigenvalue weighted by molar-refractivity contribution is 6.32. The molecule has 0 saturated carbocycles. The quantitative estimate of drug-likeness (QED) is 0.609. The predicted molar refractivity (Wildman–Crippen MR) is 108 cm³/mol. The Morgan fingerprint density at radius 1 is 1.29 bits per heavy atom. The first-order valence-electron chi connectivity index (χ1n) is 9.07. The third-order valence-electron chi connectivity index (χ3n) is 4.29. The van der Waals surface area contributed by atoms with Gasteiger partial charge in [0.25, 0.3) is 5.91 Å². The molecule has 0 aliphatic rings. The van der Waals surface area contributed by atoms with Crippen LogP contribution in [0.15, 0.2) is 51.9 Å². The summed E-state index contributed by atoms with van der Waals surface area (Å²) in [5, 5.41) is 3.93. The molecule has 1 N–H and O–H groups in total. The molecule has 0 fully saturated rings. The summed E-state index contributed by atoms with van der Waals surface area (Å²) in [6.07, 6.45) is 4.19. The summed E-state index contributed by atoms with van der Waals surface area (Å²) in [7, 11) is 0. The Morgan fingerprint density at radius 3 is 2.75 bits per heavy atom. The molecule has 0 aliphatic carbocycles. The van der Waals surface area contributed by atoms with E-state index in [-0.39, 0.29) is 11.7 Å². The number of carbonyl (C=O) groups excluding carboxylic acids is 1. The maximum Gasteiger partial charge on any atom is 0.336 e. The van der Waals surface area contributed by atoms with E-state index < -0.39 is 11.7 Å². The molecule has 2 aromatic heterocycles. The zero-order chi connectivity index (χ0) is 20.1. The summed E-state index contributed by atoms with van der Waals surface area (Å²) < 4.78 is 11.0. The average molecular weight is 401 g/mol. The second kappa shape index (κ2) is 8.89. The van der Waals surface area contributed by atoms with E-state index >= 15 is 0 Å². The van der Waals surface area contributed by atoms with Gasteiger partial charge in [-0.25, -0.2) is 4.79 Å². The highest BCUT2D eigenvalue weighted by Crippen LogP contribution is 2.32. The van der Waals surface area contributed by atoms with Crippen LogP contribution in [-0.4, -0.2) is 17.0 Å². The van der Waals surface area contributed by atoms with Crippen LogP contribution in [0.25, 0.3) is 11.0 Å². The van der Waals surface area contributed by atoms with Gasteiger partial charge in [-0.05, 0) is 42.7 Å². The number of nitrogens with zero attached hydrogens (tertiary/aromatic N) is 1. The lowest BCUT2D eigenvalue weighted by Gasteiger charge is -2.16. The van der Waals surface area contributed by atoms with Crippen LogP contribution in [0, 0.1) is 0 Å². The lowest BCUT2D eigenvalue weighted by molar-refractivity contribution is -0.127. The summed E-state index contributed by atoms with van der Waals surface area (Å²) in [5.74, 6) is 0.00619. The Labute approximate surface area is 167 Å². The number of aryl methyl sites for hydroxylation is 1. The molecule has 1 unspecified atom stereocenters. The molecule has 0 bridgehead atoms. The minimum absolute atomic E-state index is 0.283. The topological polar surface area (TPSA) is 81.4 Å². The largest absolute Gasteiger partial charge is 0.479 e. The van der Waals surface area contributed by atoms with E-state index in [1.54, 1.807) is 31.5 Å². The maximum atomic E-state index is 12.3. The molecule has 1 atom stereocenters. The number of hydrogen-bond donors (Lipinski definition) is 1. The fourth-order valence-electron chi connectivity index (χ4n) is 2.87. The smallest absolute Gasteiger partial charge is 0.336 e. The predicted octanol–water partition coefficient (Wildman–Crippen LogP) is 3.88. The molecule has 1 aromatic carbocycles. The zero-order valence-corrected chi connectivity index (χ0v) is 16.5. The number of rotatable bonds is 7. The van der Waals surface area contributed by atoms with E-state index in [9.17, 15) is 9.59 Å². The minimum Gasteiger partial charge on any atom is -0.479 e. The van der Waals surface area contributed by atoms with Gasteiger partial charge in [0.15, 0.2) is 6.10 Å². The number of nitrogens with one attached hydrogen (secondary N) is 1. The van der Waals surface area contributed by atoms with Crippen molar-refractivity contribution in [2.75, 3.05) is 0 Å². The van der Waals surface area contributed by atoms with Crippen molar-refractivity contribution >= 4 is 28.5 Å². The molecule has 6 nitrogen and oxygen atoms in total. The van der Waals surface area contributed by atoms with E-state index in [1.807, 2.05) is 19.1 Å². The normalized spacial score (nSPS) is 12.0. The van der Waals surface area contributed by atoms with Gasteiger partial charge in [-0.1, -0.05) is 24.9 Å². The van der Waals surface area contributed by atoms with Crippen molar-refractivity contribution in [3.8, 4) is 5.75 Å². The molecule has 146 valence electrons. The molecular weight excluding hydrogens is 380 g/mol. The number of amides is 1. The molecule has 7 heteroatoms. The van der Waals surface area contributed by atoms with Gasteiger partial charge in [0.2, 0.25) is 0 Å². The third-order valence-corrected chi connectivity index (χ3v) is 4.59. The van der Waals surface area contributed by atoms with Gasteiger partial charge < -0.3 is 14.5 Å². The Morgan fingerprint density at radius 2 is 2.04 bits per heavy atom. The van der Waals surface area contributed by atoms with Crippen molar-refractivity contribution in [1.82, 2.24) is 10.3 Å². The molecule has 0 saturated heterocycles. The molecular formula is C21H21ClN2O4. The Balaban J connectivity index is 1.76. The van der Waals surface area contributed by atoms with E-state index in [4.69, 9.17) is 20.8 Å². The number of halogens is 1. The van der Waals surface area contributed by atoms with Crippen LogP contribution in [0.3, 0.4) is 0 Å². The summed E-state index contributed by atoms with van der Waals surface area (Å²) in [6, 6.07) is 8.40. The van der Waals surface area contributed by atoms with Gasteiger partial charge in [-0.15, -0.1) is 0 Å². The van der Waals surface area contributed by atoms with Crippen molar-refractivity contribution in [2.45, 2.75) is 39.3 Å². The number of aromatic nitrogens is 1. The monoisotopic (exact) mass is 400 g/mol. The lowest BCUT2D eigenvalue weighted by atomic mass is 10.1. The van der Waals surface area contributed by atoms with Crippen LogP contribution in [0.4, 0.5) is 0 Å². The van der Waals surface area contributed by atoms with Crippen molar-refractivity contribution in [2.24, 2.45) is 0 Å². The van der Waals surface area contributed by atoms with Gasteiger partial charge in [0, 0.05) is 36.5 Å². The second-order valence-corrected chi connectivity index (χ2v) is 6.86. The summed E-state index contributed by atoms with van der Waals surface area (Å²) in [5.41, 5.74) is 1.78. The van der Waals surface area contributed by atoms with E-state index in [1.165, 1.54) is 6.07 Å². The summed E-state index contributed by atoms with van der Waals surface area (Å²) in [6.45, 7) is 4.04. The minimum atomic E-state index is -0.776. The number of fused-ring (bicyclic) bond motifs is 1. The SMILES string of the molecule is CCCc1cc(=O)oc2cc(OC(C)C(=O)NCc3ccncc3)c(Cl)cc12. The van der Waals surface area contributed by atoms with Gasteiger partial charge >= 0.3 is 5.63 Å². The van der Waals surface area contributed by atoms with Crippen molar-refractivity contribution in [3.63, 3.8) is 0 Å². The van der Waals surface area contributed by atoms with Gasteiger partial charge in [-0.3, -0.25) is 9.78 Å². The number of benzene rings is 1. The average Bonchev–Trinajstić information content (AvgIpc) is 2.68. The Hall–Kier alpha value is -2.86. The van der Waals surface area contributed by atoms with Gasteiger partial charge in [-0.2, -0.15) is 0 Å². The maximum absolute atomic E-state index is 12.3. The fourth-order valence-corrected chi connectivity index (χ4v) is 3.08. The van der Waals surface area contributed by atoms with Crippen LogP contribution >= 0.6 is 11.6 Å². The molecule has 0 spiro atoms. The van der Waals surface area contributed by atoms with Gasteiger partial charge in [0.05, 0.1) is 5.02 Å². The number of hydrogen-bond acceptors (Lipinski definition) is 5. The molecule has 3 rings (SSSR count). The lowest BCUT2D eigenvalue weighted by Crippen LogP contribution is -2.35. The van der Waals surface area contributed by atoms with Crippen molar-refractivity contribution in [3.05, 3.63) is 69.3 Å². The standard InChI is InChI=1S/C21H21ClN2O4/c1-3-4-15-9-20(25)28-18-11-19(17(22)10-16(15)18)27-13(2)21(26)24-12-14-5-7-23-8-6-14/h5-11,13H,3-4,12H2,1-2H3,(H,24,26). The van der Waals surface area contributed by atoms with Crippen LogP contribution < -0.4 is 15.7 Å². The molecule has 1 amide bonds. The highest BCUT2D eigenvalue weighted by Gasteiger charge is 2.18. The second-order valence-electron chi connectivity index (χ2n) is 6.45. The van der Waals surface area contributed by atoms with E-state index in [2.05, 4.69) is 10.3 Å². The van der Waals surface area contributed by atoms with Crippen LogP contribution in [0.2, 0.25) is 5.02 Å². The summed E-state index contributed by atoms with van der Waals surface area (Å²) in [4.78, 5) is 28.1. The molecule has 2 heterocycles. The molecule has 28 heavy (non-hydrogen) atoms. The third kappa shape index (κ3) is 4.70. The van der Waals surface area contributed by atoms with Crippen molar-refractivity contribution in [1.29, 1.82) is 0 Å². The highest BCUT2D eigenvalue weighted by atomic mass is 35.5. The van der Waals surface area contributed by atoms with Gasteiger partial charge in [0.1, 0.15) is 11.3 Å². The number of ether oxygens (including phenoxy) is 1. The zero-order valence-electron chi connectivity index (χ0n) is 15.7. The molecule has 0 aliphatic heterocycles. The van der Waals surface area contributed by atoms with E-state index in [0.29, 0.717) is 17.2 Å². The molecule has 0 radical (unpaired) electrons. The van der Waals surface area contributed by atoms with Crippen LogP contribution in [0.5, 0.6) is 5.75 Å². The fraction of sp³-hybridized carbons (Fsp3) is 0.286. The summed E-state index contributed by atoms with van der Waals surface area (Å²) >= 11 is 6.35. The first-order chi connectivity index (χ1) is 13.5. The van der Waals surface area contributed by atoms with Crippen molar-refractivity contribution < 1.29 is 13.9 Å². The number of carbonyl (C=O) groups is 1. The first-order valence-corrected chi connectivity index (χ1v) is 9.45. The number of pyridine rings is 1. The first kappa shape index (κ1) is 19.9. The van der Waals surface area contributed by atoms with Crippen LogP contribution in [0.1, 0.15) is 31.4 Å².